The largest absolute Gasteiger partial charge is 0.497 e. The van der Waals surface area contributed by atoms with E-state index in [0.29, 0.717) is 0 Å². The smallest absolute Gasteiger partial charge is 0.325 e. The quantitative estimate of drug-likeness (QED) is 0.850. The lowest BCUT2D eigenvalue weighted by Gasteiger charge is -2.01. The molecular formula is C11H12N2O3. The summed E-state index contributed by atoms with van der Waals surface area (Å²) < 4.78 is 6.59. The number of aryl methyl sites for hydroxylation is 1. The summed E-state index contributed by atoms with van der Waals surface area (Å²) in [5, 5.41) is 13.9. The topological polar surface area (TPSA) is 64.4 Å². The Balaban J connectivity index is 2.57. The molecule has 0 aliphatic carbocycles. The molecule has 0 amide bonds. The summed E-state index contributed by atoms with van der Waals surface area (Å²) in [6, 6.07) is 5.47. The number of hydrogen-bond donors (Lipinski definition) is 1. The lowest BCUT2D eigenvalue weighted by Crippen LogP contribution is -2.09. The van der Waals surface area contributed by atoms with Gasteiger partial charge in [-0.3, -0.25) is 9.48 Å². The van der Waals surface area contributed by atoms with Crippen LogP contribution in [0.1, 0.15) is 5.69 Å². The van der Waals surface area contributed by atoms with Crippen molar-refractivity contribution in [3.05, 3.63) is 23.9 Å². The summed E-state index contributed by atoms with van der Waals surface area (Å²) in [6.45, 7) is 1.72. The third-order valence-electron chi connectivity index (χ3n) is 2.43. The average molecular weight is 220 g/mol. The maximum Gasteiger partial charge on any atom is 0.325 e. The van der Waals surface area contributed by atoms with E-state index in [2.05, 4.69) is 5.10 Å². The second kappa shape index (κ2) is 3.84. The fourth-order valence-electron chi connectivity index (χ4n) is 1.69. The molecule has 1 aromatic carbocycles. The molecular weight excluding hydrogens is 208 g/mol. The minimum Gasteiger partial charge on any atom is -0.497 e. The van der Waals surface area contributed by atoms with Gasteiger partial charge in [-0.05, 0) is 25.1 Å². The van der Waals surface area contributed by atoms with E-state index in [4.69, 9.17) is 9.84 Å². The normalized spacial score (nSPS) is 10.6. The first-order chi connectivity index (χ1) is 7.61. The van der Waals surface area contributed by atoms with Gasteiger partial charge >= 0.3 is 5.97 Å². The number of benzene rings is 1. The molecule has 1 aromatic heterocycles. The zero-order valence-corrected chi connectivity index (χ0v) is 9.10. The molecule has 0 atom stereocenters. The number of hydrogen-bond acceptors (Lipinski definition) is 3. The Labute approximate surface area is 92.2 Å². The summed E-state index contributed by atoms with van der Waals surface area (Å²) in [5.41, 5.74) is 1.61. The highest BCUT2D eigenvalue weighted by molar-refractivity contribution is 5.84. The Morgan fingerprint density at radius 3 is 2.94 bits per heavy atom. The number of fused-ring (bicyclic) bond motifs is 1. The van der Waals surface area contributed by atoms with Gasteiger partial charge in [-0.15, -0.1) is 0 Å². The Hall–Kier alpha value is -2.04. The lowest BCUT2D eigenvalue weighted by molar-refractivity contribution is -0.137. The van der Waals surface area contributed by atoms with Gasteiger partial charge in [0.05, 0.1) is 18.3 Å². The fraction of sp³-hybridized carbons (Fsp3) is 0.273. The van der Waals surface area contributed by atoms with Crippen LogP contribution in [0.5, 0.6) is 5.75 Å². The average Bonchev–Trinajstić information content (AvgIpc) is 2.54. The highest BCUT2D eigenvalue weighted by Crippen LogP contribution is 2.23. The van der Waals surface area contributed by atoms with Gasteiger partial charge < -0.3 is 9.84 Å². The number of carboxylic acids is 1. The van der Waals surface area contributed by atoms with Crippen LogP contribution in [0.4, 0.5) is 0 Å². The summed E-state index contributed by atoms with van der Waals surface area (Å²) in [5.74, 6) is -0.161. The number of aliphatic carboxylic acids is 1. The van der Waals surface area contributed by atoms with E-state index in [-0.39, 0.29) is 6.54 Å². The van der Waals surface area contributed by atoms with Crippen LogP contribution in [-0.2, 0) is 11.3 Å². The Bertz CT molecular complexity index is 545. The van der Waals surface area contributed by atoms with Gasteiger partial charge in [0.25, 0.3) is 0 Å². The van der Waals surface area contributed by atoms with Crippen LogP contribution in [0, 0.1) is 6.92 Å². The number of nitrogens with zero attached hydrogens (tertiary/aromatic N) is 2. The van der Waals surface area contributed by atoms with Crippen molar-refractivity contribution in [2.75, 3.05) is 7.11 Å². The van der Waals surface area contributed by atoms with Gasteiger partial charge in [-0.1, -0.05) is 0 Å². The number of methoxy groups -OCH3 is 1. The SMILES string of the molecule is COc1ccc2c(c1)c(C)nn2CC(=O)O. The van der Waals surface area contributed by atoms with E-state index in [1.165, 1.54) is 4.68 Å². The van der Waals surface area contributed by atoms with Crippen LogP contribution in [0.2, 0.25) is 0 Å². The van der Waals surface area contributed by atoms with E-state index < -0.39 is 5.97 Å². The Kier molecular flexibility index (Phi) is 2.52. The van der Waals surface area contributed by atoms with E-state index >= 15 is 0 Å². The molecule has 16 heavy (non-hydrogen) atoms. The molecule has 1 N–H and O–H groups in total. The molecule has 0 saturated heterocycles. The number of rotatable bonds is 3. The van der Waals surface area contributed by atoms with E-state index in [1.54, 1.807) is 13.2 Å². The van der Waals surface area contributed by atoms with Crippen molar-refractivity contribution >= 4 is 16.9 Å². The molecule has 0 radical (unpaired) electrons. The third-order valence-corrected chi connectivity index (χ3v) is 2.43. The van der Waals surface area contributed by atoms with Crippen LogP contribution in [-0.4, -0.2) is 28.0 Å². The minimum atomic E-state index is -0.903. The van der Waals surface area contributed by atoms with Gasteiger partial charge in [0, 0.05) is 5.39 Å². The van der Waals surface area contributed by atoms with Gasteiger partial charge in [-0.2, -0.15) is 5.10 Å². The molecule has 84 valence electrons. The summed E-state index contributed by atoms with van der Waals surface area (Å²) >= 11 is 0. The lowest BCUT2D eigenvalue weighted by atomic mass is 10.2. The van der Waals surface area contributed by atoms with Crippen LogP contribution < -0.4 is 4.74 Å². The highest BCUT2D eigenvalue weighted by Gasteiger charge is 2.10. The zero-order chi connectivity index (χ0) is 11.7. The first-order valence-corrected chi connectivity index (χ1v) is 4.85. The van der Waals surface area contributed by atoms with Crippen molar-refractivity contribution < 1.29 is 14.6 Å². The fourth-order valence-corrected chi connectivity index (χ4v) is 1.69. The molecule has 5 nitrogen and oxygen atoms in total. The maximum absolute atomic E-state index is 10.7. The summed E-state index contributed by atoms with van der Waals surface area (Å²) in [6.07, 6.45) is 0. The molecule has 0 spiro atoms. The molecule has 0 bridgehead atoms. The standard InChI is InChI=1S/C11H12N2O3/c1-7-9-5-8(16-2)3-4-10(9)13(12-7)6-11(14)15/h3-5H,6H2,1-2H3,(H,14,15). The first-order valence-electron chi connectivity index (χ1n) is 4.85. The second-order valence-corrected chi connectivity index (χ2v) is 3.52. The Morgan fingerprint density at radius 1 is 1.56 bits per heavy atom. The summed E-state index contributed by atoms with van der Waals surface area (Å²) in [7, 11) is 1.60. The van der Waals surface area contributed by atoms with Crippen molar-refractivity contribution in [3.8, 4) is 5.75 Å². The van der Waals surface area contributed by atoms with Crippen molar-refractivity contribution in [1.82, 2.24) is 9.78 Å². The number of carboxylic acid groups (broad SMARTS) is 1. The van der Waals surface area contributed by atoms with Crippen LogP contribution in [0.3, 0.4) is 0 Å². The third kappa shape index (κ3) is 1.71. The van der Waals surface area contributed by atoms with Crippen LogP contribution in [0.15, 0.2) is 18.2 Å². The van der Waals surface area contributed by atoms with Crippen LogP contribution >= 0.6 is 0 Å². The number of carbonyl (C=O) groups is 1. The monoisotopic (exact) mass is 220 g/mol. The van der Waals surface area contributed by atoms with E-state index in [0.717, 1.165) is 22.3 Å². The number of ether oxygens (including phenoxy) is 1. The summed E-state index contributed by atoms with van der Waals surface area (Å²) in [4.78, 5) is 10.7. The predicted molar refractivity (Wildman–Crippen MR) is 58.7 cm³/mol. The first kappa shape index (κ1) is 10.5. The molecule has 0 aliphatic heterocycles. The van der Waals surface area contributed by atoms with Crippen LogP contribution in [0.25, 0.3) is 10.9 Å². The molecule has 2 rings (SSSR count). The van der Waals surface area contributed by atoms with Gasteiger partial charge in [0.1, 0.15) is 12.3 Å². The minimum absolute atomic E-state index is 0.128. The zero-order valence-electron chi connectivity index (χ0n) is 9.10. The highest BCUT2D eigenvalue weighted by atomic mass is 16.5. The predicted octanol–water partition coefficient (Wildman–Crippen LogP) is 1.44. The number of aromatic nitrogens is 2. The molecule has 0 aliphatic rings. The van der Waals surface area contributed by atoms with Crippen molar-refractivity contribution in [3.63, 3.8) is 0 Å². The van der Waals surface area contributed by atoms with Crippen molar-refractivity contribution in [1.29, 1.82) is 0 Å². The molecule has 0 saturated carbocycles. The molecule has 1 heterocycles. The molecule has 0 fully saturated rings. The second-order valence-electron chi connectivity index (χ2n) is 3.52. The van der Waals surface area contributed by atoms with Crippen molar-refractivity contribution in [2.24, 2.45) is 0 Å². The van der Waals surface area contributed by atoms with Gasteiger partial charge in [0.15, 0.2) is 0 Å². The van der Waals surface area contributed by atoms with Crippen molar-refractivity contribution in [2.45, 2.75) is 13.5 Å². The Morgan fingerprint density at radius 2 is 2.31 bits per heavy atom. The van der Waals surface area contributed by atoms with Gasteiger partial charge in [0.2, 0.25) is 0 Å². The van der Waals surface area contributed by atoms with E-state index in [9.17, 15) is 4.79 Å². The van der Waals surface area contributed by atoms with E-state index in [1.807, 2.05) is 19.1 Å². The molecule has 5 heteroatoms. The van der Waals surface area contributed by atoms with Gasteiger partial charge in [-0.25, -0.2) is 0 Å². The molecule has 2 aromatic rings. The molecule has 0 unspecified atom stereocenters. The maximum atomic E-state index is 10.7.